The molecule has 1 saturated heterocycles. The Morgan fingerprint density at radius 3 is 2.25 bits per heavy atom. The van der Waals surface area contributed by atoms with E-state index < -0.39 is 54.1 Å². The molecule has 1 aliphatic rings. The highest BCUT2D eigenvalue weighted by Crippen LogP contribution is 2.32. The highest BCUT2D eigenvalue weighted by atomic mass is 35.5. The van der Waals surface area contributed by atoms with Gasteiger partial charge in [-0.2, -0.15) is 0 Å². The third-order valence-corrected chi connectivity index (χ3v) is 11.9. The van der Waals surface area contributed by atoms with Gasteiger partial charge in [0.2, 0.25) is 11.8 Å². The van der Waals surface area contributed by atoms with Crippen LogP contribution in [-0.4, -0.2) is 111 Å². The first-order valence-corrected chi connectivity index (χ1v) is 22.1. The van der Waals surface area contributed by atoms with E-state index in [1.165, 1.54) is 6.92 Å². The van der Waals surface area contributed by atoms with Crippen LogP contribution in [0, 0.1) is 0 Å². The van der Waals surface area contributed by atoms with Crippen LogP contribution < -0.4 is 26.0 Å². The summed E-state index contributed by atoms with van der Waals surface area (Å²) in [4.78, 5) is 62.7. The van der Waals surface area contributed by atoms with Gasteiger partial charge in [-0.3, -0.25) is 9.59 Å². The summed E-state index contributed by atoms with van der Waals surface area (Å²) in [5.74, 6) is -1.00. The molecule has 1 aromatic heterocycles. The Kier molecular flexibility index (Phi) is 16.6. The van der Waals surface area contributed by atoms with Crippen molar-refractivity contribution in [3.05, 3.63) is 136 Å². The van der Waals surface area contributed by atoms with Gasteiger partial charge in [-0.25, -0.2) is 14.6 Å². The van der Waals surface area contributed by atoms with Crippen molar-refractivity contribution in [1.82, 2.24) is 40.6 Å². The summed E-state index contributed by atoms with van der Waals surface area (Å²) in [7, 11) is 5.92. The predicted octanol–water partition coefficient (Wildman–Crippen LogP) is 5.80. The number of carbonyl (C=O) groups is 4. The maximum Gasteiger partial charge on any atom is 0.326 e. The van der Waals surface area contributed by atoms with Crippen LogP contribution in [0.2, 0.25) is 10.0 Å². The second-order valence-electron chi connectivity index (χ2n) is 16.7. The number of rotatable bonds is 19. The van der Waals surface area contributed by atoms with E-state index in [0.717, 1.165) is 40.5 Å². The molecule has 344 valence electrons. The maximum atomic E-state index is 14.3. The minimum Gasteiger partial charge on any atom is -0.480 e. The van der Waals surface area contributed by atoms with E-state index in [9.17, 15) is 29.4 Å². The van der Waals surface area contributed by atoms with E-state index in [1.807, 2.05) is 61.1 Å². The maximum absolute atomic E-state index is 14.3. The van der Waals surface area contributed by atoms with E-state index in [2.05, 4.69) is 26.3 Å². The van der Waals surface area contributed by atoms with Gasteiger partial charge in [0.25, 0.3) is 0 Å². The van der Waals surface area contributed by atoms with Crippen LogP contribution in [-0.2, 0) is 47.4 Å². The van der Waals surface area contributed by atoms with Crippen molar-refractivity contribution in [2.24, 2.45) is 7.05 Å². The number of halogens is 2. The number of aromatic nitrogens is 2. The van der Waals surface area contributed by atoms with Gasteiger partial charge >= 0.3 is 12.0 Å². The number of benzene rings is 4. The second-order valence-corrected chi connectivity index (χ2v) is 17.5. The number of nitrogens with zero attached hydrogens (tertiary/aromatic N) is 4. The van der Waals surface area contributed by atoms with Gasteiger partial charge in [-0.05, 0) is 106 Å². The van der Waals surface area contributed by atoms with Gasteiger partial charge in [0.15, 0.2) is 0 Å². The number of carbonyl (C=O) groups excluding carboxylic acids is 3. The number of hydrogen-bond acceptors (Lipinski definition) is 9. The van der Waals surface area contributed by atoms with Crippen molar-refractivity contribution in [2.75, 3.05) is 33.8 Å². The summed E-state index contributed by atoms with van der Waals surface area (Å²) >= 11 is 12.6. The van der Waals surface area contributed by atoms with E-state index in [0.29, 0.717) is 52.9 Å². The smallest absolute Gasteiger partial charge is 0.326 e. The summed E-state index contributed by atoms with van der Waals surface area (Å²) in [6.07, 6.45) is 3.70. The molecule has 1 aliphatic heterocycles. The number of amides is 4. The average Bonchev–Trinajstić information content (AvgIpc) is 3.64. The number of carboxylic acids is 1. The molecule has 0 saturated carbocycles. The fourth-order valence-electron chi connectivity index (χ4n) is 7.81. The van der Waals surface area contributed by atoms with E-state index in [-0.39, 0.29) is 18.7 Å². The number of aliphatic hydroxyl groups excluding tert-OH is 1. The van der Waals surface area contributed by atoms with Crippen LogP contribution in [0.1, 0.15) is 42.3 Å². The van der Waals surface area contributed by atoms with Crippen molar-refractivity contribution in [3.63, 3.8) is 0 Å². The second kappa shape index (κ2) is 22.3. The van der Waals surface area contributed by atoms with E-state index in [1.54, 1.807) is 72.8 Å². The number of piperidine rings is 1. The molecule has 15 nitrogen and oxygen atoms in total. The Labute approximate surface area is 389 Å². The molecular formula is C48H56Cl2N8O7. The largest absolute Gasteiger partial charge is 0.480 e. The Balaban J connectivity index is 1.24. The topological polar surface area (TPSA) is 190 Å². The Morgan fingerprint density at radius 2 is 1.60 bits per heavy atom. The molecule has 0 spiro atoms. The monoisotopic (exact) mass is 926 g/mol. The minimum absolute atomic E-state index is 0.0310. The fraction of sp³-hybridized carbons (Fsp3) is 0.354. The van der Waals surface area contributed by atoms with Crippen LogP contribution in [0.3, 0.4) is 0 Å². The van der Waals surface area contributed by atoms with Gasteiger partial charge in [-0.1, -0.05) is 71.7 Å². The Bertz CT molecular complexity index is 2410. The minimum atomic E-state index is -1.38. The van der Waals surface area contributed by atoms with Crippen molar-refractivity contribution in [1.29, 1.82) is 0 Å². The molecule has 4 amide bonds. The summed E-state index contributed by atoms with van der Waals surface area (Å²) < 4.78 is 8.39. The van der Waals surface area contributed by atoms with Crippen LogP contribution in [0.5, 0.6) is 11.5 Å². The van der Waals surface area contributed by atoms with E-state index >= 15 is 0 Å². The summed E-state index contributed by atoms with van der Waals surface area (Å²) in [5.41, 5.74) is 3.18. The molecule has 65 heavy (non-hydrogen) atoms. The van der Waals surface area contributed by atoms with Gasteiger partial charge in [0, 0.05) is 41.2 Å². The summed E-state index contributed by atoms with van der Waals surface area (Å²) in [6, 6.07) is 23.5. The van der Waals surface area contributed by atoms with Crippen molar-refractivity contribution in [2.45, 2.75) is 69.4 Å². The summed E-state index contributed by atoms with van der Waals surface area (Å²) in [5, 5.41) is 33.3. The van der Waals surface area contributed by atoms with Gasteiger partial charge < -0.3 is 50.6 Å². The van der Waals surface area contributed by atoms with E-state index in [4.69, 9.17) is 27.9 Å². The first kappa shape index (κ1) is 48.5. The van der Waals surface area contributed by atoms with Crippen molar-refractivity contribution >= 4 is 47.0 Å². The molecular weight excluding hydrogens is 871 g/mol. The lowest BCUT2D eigenvalue weighted by Gasteiger charge is -2.40. The average molecular weight is 928 g/mol. The number of aliphatic carboxylic acids is 1. The first-order valence-electron chi connectivity index (χ1n) is 21.4. The van der Waals surface area contributed by atoms with Gasteiger partial charge in [-0.15, -0.1) is 0 Å². The normalized spacial score (nSPS) is 16.2. The van der Waals surface area contributed by atoms with Crippen LogP contribution in [0.25, 0.3) is 11.3 Å². The zero-order chi connectivity index (χ0) is 46.7. The molecule has 17 heteroatoms. The molecule has 5 aromatic rings. The Hall–Kier alpha value is -5.97. The van der Waals surface area contributed by atoms with Crippen molar-refractivity contribution < 1.29 is 34.1 Å². The molecule has 0 radical (unpaired) electrons. The molecule has 0 bridgehead atoms. The zero-order valence-electron chi connectivity index (χ0n) is 36.9. The quantitative estimate of drug-likeness (QED) is 0.0591. The molecule has 3 unspecified atom stereocenters. The molecule has 4 aromatic carbocycles. The lowest BCUT2D eigenvalue weighted by molar-refractivity contribution is -0.139. The van der Waals surface area contributed by atoms with Crippen molar-refractivity contribution in [3.8, 4) is 22.8 Å². The number of urea groups is 1. The third kappa shape index (κ3) is 13.1. The van der Waals surface area contributed by atoms with Gasteiger partial charge in [0.05, 0.1) is 37.1 Å². The van der Waals surface area contributed by atoms with Gasteiger partial charge in [0.1, 0.15) is 35.4 Å². The Morgan fingerprint density at radius 1 is 0.892 bits per heavy atom. The molecule has 6 rings (SSSR count). The van der Waals surface area contributed by atoms with Crippen LogP contribution in [0.15, 0.2) is 103 Å². The van der Waals surface area contributed by atoms with Crippen LogP contribution in [0.4, 0.5) is 4.79 Å². The predicted molar refractivity (Wildman–Crippen MR) is 250 cm³/mol. The highest BCUT2D eigenvalue weighted by molar-refractivity contribution is 6.31. The fourth-order valence-corrected chi connectivity index (χ4v) is 8.10. The number of nitrogens with one attached hydrogen (secondary N) is 4. The number of aliphatic hydroxyl groups is 1. The zero-order valence-corrected chi connectivity index (χ0v) is 38.4. The highest BCUT2D eigenvalue weighted by Gasteiger charge is 2.37. The lowest BCUT2D eigenvalue weighted by atomic mass is 9.83. The molecule has 4 atom stereocenters. The third-order valence-electron chi connectivity index (χ3n) is 11.4. The summed E-state index contributed by atoms with van der Waals surface area (Å²) in [6.45, 7) is 2.39. The first-order chi connectivity index (χ1) is 31.1. The number of carboxylic acid groups (broad SMARTS) is 1. The molecule has 6 N–H and O–H groups in total. The molecule has 0 aliphatic carbocycles. The number of imidazole rings is 1. The standard InChI is InChI=1S/C48H56Cl2N8O7/c1-31(44(60)53-40(29-59)45(61)55-48(21-8-22-51-30-48)25-33-11-16-36(49)17-12-33)58(47(64)54-39(46(62)63)23-32-9-6-5-7-10-32)27-35-13-18-37(50)24-42(35)65-38-19-14-34(15-20-38)41-26-52-43(57(41)4)28-56(2)3/h5-7,9-20,24,26,31,39-40,51,59H,8,21-23,25,27-30H2,1-4H3,(H,53,60)(H,54,64)(H,55,61)(H,62,63)/t31?,39?,40?,48-/m1/s1. The number of ether oxygens (including phenoxy) is 1. The number of hydrogen-bond donors (Lipinski definition) is 6. The lowest BCUT2D eigenvalue weighted by Crippen LogP contribution is -2.64. The SMILES string of the molecule is CC(C(=O)NC(CO)C(=O)N[C@@]1(Cc2ccc(Cl)cc2)CCCNC1)N(Cc1ccc(Cl)cc1Oc1ccc(-c2cnc(CN(C)C)n2C)cc1)C(=O)NC(Cc1ccccc1)C(=O)O. The molecule has 2 heterocycles. The van der Waals surface area contributed by atoms with Crippen LogP contribution >= 0.6 is 23.2 Å². The molecule has 1 fully saturated rings.